The minimum absolute atomic E-state index is 0.187. The van der Waals surface area contributed by atoms with Crippen molar-refractivity contribution >= 4 is 10.8 Å². The van der Waals surface area contributed by atoms with Gasteiger partial charge in [-0.25, -0.2) is 0 Å². The molecule has 0 radical (unpaired) electrons. The predicted octanol–water partition coefficient (Wildman–Crippen LogP) is 3.36. The topological polar surface area (TPSA) is 29.1 Å². The van der Waals surface area contributed by atoms with E-state index in [4.69, 9.17) is 0 Å². The van der Waals surface area contributed by atoms with Crippen molar-refractivity contribution in [3.05, 3.63) is 34.9 Å². The molecule has 0 spiro atoms. The van der Waals surface area contributed by atoms with Crippen LogP contribution in [0.5, 0.6) is 0 Å². The van der Waals surface area contributed by atoms with Crippen LogP contribution in [-0.4, -0.2) is 22.8 Å². The summed E-state index contributed by atoms with van der Waals surface area (Å²) in [6.07, 6.45) is 1.04. The summed E-state index contributed by atoms with van der Waals surface area (Å²) in [6, 6.07) is 6.74. The van der Waals surface area contributed by atoms with Crippen molar-refractivity contribution < 1.29 is 4.21 Å². The number of nitrogens with one attached hydrogen (secondary N) is 1. The van der Waals surface area contributed by atoms with Gasteiger partial charge in [0.2, 0.25) is 0 Å². The lowest BCUT2D eigenvalue weighted by molar-refractivity contribution is 0.608. The maximum atomic E-state index is 12.1. The Bertz CT molecular complexity index is 409. The molecule has 0 saturated heterocycles. The summed E-state index contributed by atoms with van der Waals surface area (Å²) in [5.74, 6) is 2.13. The highest BCUT2D eigenvalue weighted by atomic mass is 32.2. The first kappa shape index (κ1) is 16.4. The van der Waals surface area contributed by atoms with Crippen LogP contribution < -0.4 is 5.32 Å². The van der Waals surface area contributed by atoms with Crippen molar-refractivity contribution in [3.63, 3.8) is 0 Å². The largest absolute Gasteiger partial charge is 0.312 e. The van der Waals surface area contributed by atoms with Crippen molar-refractivity contribution in [2.75, 3.05) is 18.6 Å². The fourth-order valence-electron chi connectivity index (χ4n) is 2.19. The first-order chi connectivity index (χ1) is 8.92. The molecule has 2 atom stereocenters. The second-order valence-corrected chi connectivity index (χ2v) is 7.38. The molecule has 0 aromatic heterocycles. The van der Waals surface area contributed by atoms with Gasteiger partial charge in [-0.1, -0.05) is 43.2 Å². The first-order valence-corrected chi connectivity index (χ1v) is 8.51. The number of rotatable bonds is 7. The normalized spacial score (nSPS) is 14.6. The smallest absolute Gasteiger partial charge is 0.0434 e. The van der Waals surface area contributed by atoms with Gasteiger partial charge in [0.15, 0.2) is 0 Å². The highest BCUT2D eigenvalue weighted by molar-refractivity contribution is 7.85. The maximum absolute atomic E-state index is 12.1. The summed E-state index contributed by atoms with van der Waals surface area (Å²) >= 11 is 0. The number of hydrogen-bond donors (Lipinski definition) is 1. The highest BCUT2D eigenvalue weighted by Gasteiger charge is 2.14. The fraction of sp³-hybridized carbons (Fsp3) is 0.625. The molecule has 2 unspecified atom stereocenters. The van der Waals surface area contributed by atoms with Crippen LogP contribution in [0.4, 0.5) is 0 Å². The van der Waals surface area contributed by atoms with Gasteiger partial charge in [-0.2, -0.15) is 0 Å². The molecule has 1 aromatic rings. The van der Waals surface area contributed by atoms with Crippen molar-refractivity contribution in [2.24, 2.45) is 5.92 Å². The van der Waals surface area contributed by atoms with E-state index in [0.717, 1.165) is 12.2 Å². The molecule has 0 aliphatic heterocycles. The Kier molecular flexibility index (Phi) is 6.73. The van der Waals surface area contributed by atoms with Gasteiger partial charge in [0.25, 0.3) is 0 Å². The number of benzene rings is 1. The lowest BCUT2D eigenvalue weighted by Crippen LogP contribution is -2.24. The average Bonchev–Trinajstić information content (AvgIpc) is 2.32. The van der Waals surface area contributed by atoms with Gasteiger partial charge in [0, 0.05) is 28.3 Å². The van der Waals surface area contributed by atoms with E-state index in [-0.39, 0.29) is 6.04 Å². The first-order valence-electron chi connectivity index (χ1n) is 7.02. The summed E-state index contributed by atoms with van der Waals surface area (Å²) in [5, 5.41) is 3.30. The maximum Gasteiger partial charge on any atom is 0.0434 e. The van der Waals surface area contributed by atoms with Gasteiger partial charge >= 0.3 is 0 Å². The summed E-state index contributed by atoms with van der Waals surface area (Å²) in [4.78, 5) is 0. The van der Waals surface area contributed by atoms with Crippen LogP contribution in [0.15, 0.2) is 18.2 Å². The van der Waals surface area contributed by atoms with Crippen LogP contribution in [0.2, 0.25) is 0 Å². The zero-order valence-electron chi connectivity index (χ0n) is 12.8. The third-order valence-electron chi connectivity index (χ3n) is 3.27. The molecule has 1 aromatic carbocycles. The lowest BCUT2D eigenvalue weighted by Gasteiger charge is -2.18. The molecule has 1 N–H and O–H groups in total. The van der Waals surface area contributed by atoms with Crippen molar-refractivity contribution in [2.45, 2.75) is 40.2 Å². The Hall–Kier alpha value is -0.670. The predicted molar refractivity (Wildman–Crippen MR) is 85.0 cm³/mol. The molecule has 0 bridgehead atoms. The molecule has 0 aliphatic carbocycles. The van der Waals surface area contributed by atoms with Crippen LogP contribution in [-0.2, 0) is 10.8 Å². The summed E-state index contributed by atoms with van der Waals surface area (Å²) in [6.45, 7) is 8.57. The van der Waals surface area contributed by atoms with Crippen LogP contribution in [0.1, 0.15) is 43.0 Å². The Balaban J connectivity index is 2.69. The van der Waals surface area contributed by atoms with Gasteiger partial charge in [-0.15, -0.1) is 0 Å². The molecular weight excluding hydrogens is 254 g/mol. The summed E-state index contributed by atoms with van der Waals surface area (Å²) in [5.41, 5.74) is 3.78. The van der Waals surface area contributed by atoms with Gasteiger partial charge in [-0.05, 0) is 38.8 Å². The van der Waals surface area contributed by atoms with Crippen molar-refractivity contribution in [1.82, 2.24) is 5.32 Å². The molecule has 0 fully saturated rings. The second kappa shape index (κ2) is 7.81. The zero-order chi connectivity index (χ0) is 14.4. The molecule has 0 amide bonds. The molecule has 108 valence electrons. The molecule has 0 saturated carbocycles. The molecule has 0 heterocycles. The van der Waals surface area contributed by atoms with Crippen molar-refractivity contribution in [1.29, 1.82) is 0 Å². The van der Waals surface area contributed by atoms with Crippen molar-refractivity contribution in [3.8, 4) is 0 Å². The van der Waals surface area contributed by atoms with E-state index >= 15 is 0 Å². The third kappa shape index (κ3) is 5.87. The number of aryl methyl sites for hydroxylation is 2. The monoisotopic (exact) mass is 281 g/mol. The number of hydrogen-bond acceptors (Lipinski definition) is 2. The highest BCUT2D eigenvalue weighted by Crippen LogP contribution is 2.18. The minimum atomic E-state index is -0.747. The Morgan fingerprint density at radius 2 is 1.74 bits per heavy atom. The standard InChI is InChI=1S/C16H27NOS/c1-12(2)6-7-19(18)11-16(17-5)15-9-13(3)8-14(4)10-15/h8-10,12,16-17H,6-7,11H2,1-5H3. The molecule has 19 heavy (non-hydrogen) atoms. The SMILES string of the molecule is CNC(CS(=O)CCC(C)C)c1cc(C)cc(C)c1. The Labute approximate surface area is 120 Å². The summed E-state index contributed by atoms with van der Waals surface area (Å²) < 4.78 is 12.1. The van der Waals surface area contributed by atoms with Crippen LogP contribution >= 0.6 is 0 Å². The third-order valence-corrected chi connectivity index (χ3v) is 4.67. The van der Waals surface area contributed by atoms with Gasteiger partial charge in [0.1, 0.15) is 0 Å². The molecule has 3 heteroatoms. The summed E-state index contributed by atoms with van der Waals surface area (Å²) in [7, 11) is 1.20. The van der Waals surface area contributed by atoms with E-state index < -0.39 is 10.8 Å². The lowest BCUT2D eigenvalue weighted by atomic mass is 10.0. The van der Waals surface area contributed by atoms with E-state index in [1.165, 1.54) is 16.7 Å². The molecule has 1 rings (SSSR count). The molecule has 2 nitrogen and oxygen atoms in total. The van der Waals surface area contributed by atoms with E-state index in [1.807, 2.05) is 7.05 Å². The Morgan fingerprint density at radius 3 is 2.21 bits per heavy atom. The van der Waals surface area contributed by atoms with Gasteiger partial charge < -0.3 is 5.32 Å². The van der Waals surface area contributed by atoms with Crippen LogP contribution in [0.25, 0.3) is 0 Å². The van der Waals surface area contributed by atoms with Crippen LogP contribution in [0, 0.1) is 19.8 Å². The van der Waals surface area contributed by atoms with E-state index in [0.29, 0.717) is 11.7 Å². The zero-order valence-corrected chi connectivity index (χ0v) is 13.6. The fourth-order valence-corrected chi connectivity index (χ4v) is 3.83. The average molecular weight is 281 g/mol. The second-order valence-electron chi connectivity index (χ2n) is 5.76. The van der Waals surface area contributed by atoms with Gasteiger partial charge in [-0.3, -0.25) is 4.21 Å². The molecule has 0 aliphatic rings. The van der Waals surface area contributed by atoms with E-state index in [2.05, 4.69) is 51.2 Å². The van der Waals surface area contributed by atoms with Gasteiger partial charge in [0.05, 0.1) is 0 Å². The van der Waals surface area contributed by atoms with E-state index in [1.54, 1.807) is 0 Å². The molecular formula is C16H27NOS. The minimum Gasteiger partial charge on any atom is -0.312 e. The van der Waals surface area contributed by atoms with Crippen LogP contribution in [0.3, 0.4) is 0 Å². The Morgan fingerprint density at radius 1 is 1.16 bits per heavy atom. The van der Waals surface area contributed by atoms with E-state index in [9.17, 15) is 4.21 Å². The quantitative estimate of drug-likeness (QED) is 0.830.